The van der Waals surface area contributed by atoms with Crippen molar-refractivity contribution in [2.75, 3.05) is 24.8 Å². The molecular weight excluding hydrogens is 392 g/mol. The number of thioether (sulfide) groups is 1. The van der Waals surface area contributed by atoms with E-state index in [0.29, 0.717) is 16.9 Å². The number of nitrogens with zero attached hydrogens (tertiary/aromatic N) is 5. The normalized spacial score (nSPS) is 11.0. The van der Waals surface area contributed by atoms with E-state index in [4.69, 9.17) is 4.74 Å². The first-order chi connectivity index (χ1) is 12.7. The molecule has 0 fully saturated rings. The fraction of sp³-hybridized carbons (Fsp3) is 0.400. The standard InChI is InChI=1S/C15H18N6O2S3/c1-10-17-19-14(26-10)16-12(22)9-25-15-20-18-13(11-5-3-8-24-11)21(15)6-4-7-23-2/h3,5,8H,4,6-7,9H2,1-2H3,(H,16,19,22). The summed E-state index contributed by atoms with van der Waals surface area (Å²) in [6.45, 7) is 3.23. The number of aryl methyl sites for hydroxylation is 1. The zero-order valence-electron chi connectivity index (χ0n) is 14.3. The van der Waals surface area contributed by atoms with Crippen LogP contribution in [0.4, 0.5) is 5.13 Å². The van der Waals surface area contributed by atoms with Gasteiger partial charge in [0.05, 0.1) is 10.6 Å². The molecule has 1 amide bonds. The first-order valence-electron chi connectivity index (χ1n) is 7.86. The van der Waals surface area contributed by atoms with Crippen molar-refractivity contribution in [3.63, 3.8) is 0 Å². The lowest BCUT2D eigenvalue weighted by Crippen LogP contribution is -2.14. The Bertz CT molecular complexity index is 846. The minimum Gasteiger partial charge on any atom is -0.385 e. The van der Waals surface area contributed by atoms with E-state index in [-0.39, 0.29) is 11.7 Å². The predicted octanol–water partition coefficient (Wildman–Crippen LogP) is 2.93. The molecule has 0 saturated heterocycles. The molecule has 0 aliphatic rings. The van der Waals surface area contributed by atoms with Crippen molar-refractivity contribution in [3.05, 3.63) is 22.5 Å². The monoisotopic (exact) mass is 410 g/mol. The van der Waals surface area contributed by atoms with Crippen molar-refractivity contribution < 1.29 is 9.53 Å². The third-order valence-corrected chi connectivity index (χ3v) is 5.88. The maximum atomic E-state index is 12.1. The SMILES string of the molecule is COCCCn1c(SCC(=O)Nc2nnc(C)s2)nnc1-c1cccs1. The number of anilines is 1. The van der Waals surface area contributed by atoms with Gasteiger partial charge in [-0.15, -0.1) is 31.7 Å². The molecule has 0 aromatic carbocycles. The van der Waals surface area contributed by atoms with Crippen molar-refractivity contribution in [1.82, 2.24) is 25.0 Å². The molecule has 3 heterocycles. The smallest absolute Gasteiger partial charge is 0.236 e. The lowest BCUT2D eigenvalue weighted by atomic mass is 10.4. The highest BCUT2D eigenvalue weighted by molar-refractivity contribution is 7.99. The van der Waals surface area contributed by atoms with Crippen molar-refractivity contribution >= 4 is 45.5 Å². The van der Waals surface area contributed by atoms with Crippen LogP contribution in [-0.2, 0) is 16.1 Å². The Kier molecular flexibility index (Phi) is 6.72. The molecule has 11 heteroatoms. The number of ether oxygens (including phenoxy) is 1. The molecule has 3 rings (SSSR count). The Morgan fingerprint density at radius 1 is 1.35 bits per heavy atom. The first-order valence-corrected chi connectivity index (χ1v) is 10.5. The number of methoxy groups -OCH3 is 1. The van der Waals surface area contributed by atoms with Gasteiger partial charge in [-0.1, -0.05) is 29.2 Å². The maximum Gasteiger partial charge on any atom is 0.236 e. The molecule has 0 radical (unpaired) electrons. The maximum absolute atomic E-state index is 12.1. The van der Waals surface area contributed by atoms with Gasteiger partial charge in [0.15, 0.2) is 11.0 Å². The van der Waals surface area contributed by atoms with Gasteiger partial charge < -0.3 is 9.30 Å². The van der Waals surface area contributed by atoms with E-state index in [1.165, 1.54) is 23.1 Å². The zero-order valence-corrected chi connectivity index (χ0v) is 16.8. The lowest BCUT2D eigenvalue weighted by Gasteiger charge is -2.09. The molecule has 8 nitrogen and oxygen atoms in total. The second-order valence-corrected chi connectivity index (χ2v) is 8.32. The van der Waals surface area contributed by atoms with Crippen molar-refractivity contribution in [3.8, 4) is 10.7 Å². The van der Waals surface area contributed by atoms with Gasteiger partial charge in [-0.3, -0.25) is 10.1 Å². The minimum absolute atomic E-state index is 0.143. The van der Waals surface area contributed by atoms with E-state index in [2.05, 4.69) is 25.7 Å². The molecule has 0 saturated carbocycles. The van der Waals surface area contributed by atoms with Crippen LogP contribution in [0.25, 0.3) is 10.7 Å². The molecule has 26 heavy (non-hydrogen) atoms. The van der Waals surface area contributed by atoms with E-state index in [0.717, 1.165) is 28.7 Å². The van der Waals surface area contributed by atoms with Crippen LogP contribution in [0.2, 0.25) is 0 Å². The van der Waals surface area contributed by atoms with Crippen LogP contribution in [0.15, 0.2) is 22.7 Å². The number of carbonyl (C=O) groups is 1. The van der Waals surface area contributed by atoms with Gasteiger partial charge in [0, 0.05) is 20.3 Å². The zero-order chi connectivity index (χ0) is 18.4. The Hall–Kier alpha value is -1.82. The summed E-state index contributed by atoms with van der Waals surface area (Å²) >= 11 is 4.32. The quantitative estimate of drug-likeness (QED) is 0.428. The predicted molar refractivity (Wildman–Crippen MR) is 104 cm³/mol. The largest absolute Gasteiger partial charge is 0.385 e. The number of nitrogens with one attached hydrogen (secondary N) is 1. The summed E-state index contributed by atoms with van der Waals surface area (Å²) in [5, 5.41) is 23.2. The van der Waals surface area contributed by atoms with Crippen LogP contribution in [-0.4, -0.2) is 50.3 Å². The summed E-state index contributed by atoms with van der Waals surface area (Å²) in [5.41, 5.74) is 0. The van der Waals surface area contributed by atoms with Gasteiger partial charge in [0.1, 0.15) is 5.01 Å². The highest BCUT2D eigenvalue weighted by Crippen LogP contribution is 2.27. The molecule has 0 aliphatic carbocycles. The van der Waals surface area contributed by atoms with E-state index < -0.39 is 0 Å². The number of aromatic nitrogens is 5. The van der Waals surface area contributed by atoms with Gasteiger partial charge in [-0.05, 0) is 24.8 Å². The molecule has 0 bridgehead atoms. The fourth-order valence-electron chi connectivity index (χ4n) is 2.18. The average molecular weight is 411 g/mol. The molecular formula is C15H18N6O2S3. The summed E-state index contributed by atoms with van der Waals surface area (Å²) in [6, 6.07) is 4.00. The number of hydrogen-bond donors (Lipinski definition) is 1. The minimum atomic E-state index is -0.143. The topological polar surface area (TPSA) is 94.8 Å². The van der Waals surface area contributed by atoms with Crippen LogP contribution in [0, 0.1) is 6.92 Å². The van der Waals surface area contributed by atoms with Crippen LogP contribution in [0.1, 0.15) is 11.4 Å². The average Bonchev–Trinajstić information content (AvgIpc) is 3.35. The van der Waals surface area contributed by atoms with Crippen molar-refractivity contribution in [2.45, 2.75) is 25.0 Å². The number of carbonyl (C=O) groups excluding carboxylic acids is 1. The molecule has 1 N–H and O–H groups in total. The molecule has 0 atom stereocenters. The fourth-order valence-corrected chi connectivity index (χ4v) is 4.27. The first kappa shape index (κ1) is 19.0. The van der Waals surface area contributed by atoms with Crippen LogP contribution in [0.3, 0.4) is 0 Å². The Morgan fingerprint density at radius 2 is 2.23 bits per heavy atom. The summed E-state index contributed by atoms with van der Waals surface area (Å²) in [5.74, 6) is 0.903. The lowest BCUT2D eigenvalue weighted by molar-refractivity contribution is -0.113. The molecule has 0 aliphatic heterocycles. The molecule has 0 unspecified atom stereocenters. The number of hydrogen-bond acceptors (Lipinski definition) is 9. The number of amides is 1. The van der Waals surface area contributed by atoms with Gasteiger partial charge in [-0.2, -0.15) is 0 Å². The van der Waals surface area contributed by atoms with Crippen LogP contribution >= 0.6 is 34.4 Å². The molecule has 3 aromatic heterocycles. The summed E-state index contributed by atoms with van der Waals surface area (Å²) in [4.78, 5) is 13.2. The Labute approximate surface area is 163 Å². The highest BCUT2D eigenvalue weighted by atomic mass is 32.2. The second kappa shape index (κ2) is 9.21. The van der Waals surface area contributed by atoms with E-state index >= 15 is 0 Å². The van der Waals surface area contributed by atoms with E-state index in [1.807, 2.05) is 29.0 Å². The van der Waals surface area contributed by atoms with Gasteiger partial charge in [-0.25, -0.2) is 0 Å². The van der Waals surface area contributed by atoms with Crippen LogP contribution in [0.5, 0.6) is 0 Å². The van der Waals surface area contributed by atoms with Gasteiger partial charge in [0.25, 0.3) is 0 Å². The molecule has 3 aromatic rings. The van der Waals surface area contributed by atoms with Gasteiger partial charge in [0.2, 0.25) is 11.0 Å². The Morgan fingerprint density at radius 3 is 2.92 bits per heavy atom. The van der Waals surface area contributed by atoms with E-state index in [1.54, 1.807) is 18.4 Å². The Balaban J connectivity index is 1.67. The molecule has 138 valence electrons. The van der Waals surface area contributed by atoms with Crippen molar-refractivity contribution in [2.24, 2.45) is 0 Å². The molecule has 0 spiro atoms. The van der Waals surface area contributed by atoms with Gasteiger partial charge >= 0.3 is 0 Å². The van der Waals surface area contributed by atoms with E-state index in [9.17, 15) is 4.79 Å². The highest BCUT2D eigenvalue weighted by Gasteiger charge is 2.16. The number of thiophene rings is 1. The number of rotatable bonds is 9. The summed E-state index contributed by atoms with van der Waals surface area (Å²) < 4.78 is 7.18. The second-order valence-electron chi connectivity index (χ2n) is 5.24. The summed E-state index contributed by atoms with van der Waals surface area (Å²) in [7, 11) is 1.68. The third kappa shape index (κ3) is 4.87. The summed E-state index contributed by atoms with van der Waals surface area (Å²) in [6.07, 6.45) is 0.844. The van der Waals surface area contributed by atoms with Crippen LogP contribution < -0.4 is 5.32 Å². The third-order valence-electron chi connectivity index (χ3n) is 3.29. The van der Waals surface area contributed by atoms with Crippen molar-refractivity contribution in [1.29, 1.82) is 0 Å².